The minimum atomic E-state index is 0.199. The van der Waals surface area contributed by atoms with Crippen molar-refractivity contribution in [2.24, 2.45) is 5.73 Å². The van der Waals surface area contributed by atoms with Crippen LogP contribution in [0.1, 0.15) is 38.8 Å². The highest BCUT2D eigenvalue weighted by Crippen LogP contribution is 2.27. The van der Waals surface area contributed by atoms with Gasteiger partial charge in [0.1, 0.15) is 5.75 Å². The summed E-state index contributed by atoms with van der Waals surface area (Å²) < 4.78 is 11.3. The van der Waals surface area contributed by atoms with E-state index in [9.17, 15) is 0 Å². The summed E-state index contributed by atoms with van der Waals surface area (Å²) in [5, 5.41) is 0. The molecule has 1 heterocycles. The van der Waals surface area contributed by atoms with E-state index in [0.29, 0.717) is 12.6 Å². The van der Waals surface area contributed by atoms with Gasteiger partial charge in [-0.15, -0.1) is 0 Å². The molecule has 0 radical (unpaired) electrons. The first-order chi connectivity index (χ1) is 10.2. The zero-order valence-electron chi connectivity index (χ0n) is 13.4. The third kappa shape index (κ3) is 4.19. The van der Waals surface area contributed by atoms with Crippen molar-refractivity contribution in [1.82, 2.24) is 4.90 Å². The van der Waals surface area contributed by atoms with E-state index in [-0.39, 0.29) is 12.1 Å². The van der Waals surface area contributed by atoms with E-state index in [1.807, 2.05) is 26.0 Å². The molecular formula is C17H28N2O2. The molecule has 1 aromatic carbocycles. The van der Waals surface area contributed by atoms with Gasteiger partial charge in [-0.25, -0.2) is 0 Å². The van der Waals surface area contributed by atoms with Gasteiger partial charge in [0.2, 0.25) is 0 Å². The van der Waals surface area contributed by atoms with Crippen LogP contribution in [0.3, 0.4) is 0 Å². The van der Waals surface area contributed by atoms with Crippen molar-refractivity contribution in [3.05, 3.63) is 29.8 Å². The second kappa shape index (κ2) is 7.78. The maximum absolute atomic E-state index is 6.06. The smallest absolute Gasteiger partial charge is 0.119 e. The molecule has 0 saturated carbocycles. The number of benzene rings is 1. The van der Waals surface area contributed by atoms with E-state index in [1.54, 1.807) is 0 Å². The molecule has 1 aliphatic heterocycles. The van der Waals surface area contributed by atoms with E-state index in [0.717, 1.165) is 31.9 Å². The van der Waals surface area contributed by atoms with E-state index < -0.39 is 0 Å². The van der Waals surface area contributed by atoms with Crippen LogP contribution >= 0.6 is 0 Å². The standard InChI is InChI=1S/C17H28N2O2/c1-4-15-12-20-10-9-19(15)17(11-18)14-5-7-16(8-6-14)21-13(2)3/h5-8,13,15,17H,4,9-12,18H2,1-3H3. The lowest BCUT2D eigenvalue weighted by Gasteiger charge is -2.40. The molecule has 2 atom stereocenters. The van der Waals surface area contributed by atoms with Crippen LogP contribution in [0, 0.1) is 0 Å². The lowest BCUT2D eigenvalue weighted by molar-refractivity contribution is -0.0291. The summed E-state index contributed by atoms with van der Waals surface area (Å²) in [4.78, 5) is 2.49. The van der Waals surface area contributed by atoms with E-state index in [4.69, 9.17) is 15.2 Å². The van der Waals surface area contributed by atoms with E-state index in [2.05, 4.69) is 24.0 Å². The molecule has 2 rings (SSSR count). The van der Waals surface area contributed by atoms with Gasteiger partial charge in [0.15, 0.2) is 0 Å². The Balaban J connectivity index is 2.12. The summed E-state index contributed by atoms with van der Waals surface area (Å²) in [6, 6.07) is 9.07. The summed E-state index contributed by atoms with van der Waals surface area (Å²) in [5.74, 6) is 0.915. The molecule has 21 heavy (non-hydrogen) atoms. The monoisotopic (exact) mass is 292 g/mol. The molecule has 0 aromatic heterocycles. The third-order valence-corrected chi connectivity index (χ3v) is 4.00. The molecule has 1 fully saturated rings. The molecule has 4 heteroatoms. The Labute approximate surface area is 128 Å². The van der Waals surface area contributed by atoms with Gasteiger partial charge in [-0.3, -0.25) is 4.90 Å². The van der Waals surface area contributed by atoms with Crippen molar-refractivity contribution in [2.45, 2.75) is 45.4 Å². The third-order valence-electron chi connectivity index (χ3n) is 4.00. The molecule has 4 nitrogen and oxygen atoms in total. The number of morpholine rings is 1. The highest BCUT2D eigenvalue weighted by atomic mass is 16.5. The number of hydrogen-bond acceptors (Lipinski definition) is 4. The van der Waals surface area contributed by atoms with Gasteiger partial charge in [0.05, 0.1) is 19.3 Å². The SMILES string of the molecule is CCC1COCCN1C(CN)c1ccc(OC(C)C)cc1. The van der Waals surface area contributed by atoms with Crippen LogP contribution in [0.15, 0.2) is 24.3 Å². The summed E-state index contributed by atoms with van der Waals surface area (Å²) in [7, 11) is 0. The van der Waals surface area contributed by atoms with Gasteiger partial charge in [-0.1, -0.05) is 19.1 Å². The van der Waals surface area contributed by atoms with Crippen LogP contribution in [-0.2, 0) is 4.74 Å². The number of rotatable bonds is 6. The van der Waals surface area contributed by atoms with Gasteiger partial charge in [-0.2, -0.15) is 0 Å². The first-order valence-electron chi connectivity index (χ1n) is 7.95. The Hall–Kier alpha value is -1.10. The fraction of sp³-hybridized carbons (Fsp3) is 0.647. The first kappa shape index (κ1) is 16.3. The molecule has 0 aliphatic carbocycles. The molecule has 1 aromatic rings. The molecule has 0 amide bonds. The summed E-state index contributed by atoms with van der Waals surface area (Å²) in [6.07, 6.45) is 1.29. The van der Waals surface area contributed by atoms with E-state index in [1.165, 1.54) is 5.56 Å². The van der Waals surface area contributed by atoms with Crippen LogP contribution < -0.4 is 10.5 Å². The van der Waals surface area contributed by atoms with E-state index >= 15 is 0 Å². The number of hydrogen-bond donors (Lipinski definition) is 1. The Morgan fingerprint density at radius 3 is 2.62 bits per heavy atom. The Morgan fingerprint density at radius 2 is 2.05 bits per heavy atom. The van der Waals surface area contributed by atoms with Gasteiger partial charge < -0.3 is 15.2 Å². The molecule has 2 N–H and O–H groups in total. The molecule has 0 bridgehead atoms. The van der Waals surface area contributed by atoms with Crippen LogP contribution in [0.25, 0.3) is 0 Å². The minimum absolute atomic E-state index is 0.199. The molecule has 2 unspecified atom stereocenters. The van der Waals surface area contributed by atoms with Crippen molar-refractivity contribution in [1.29, 1.82) is 0 Å². The molecule has 1 aliphatic rings. The lowest BCUT2D eigenvalue weighted by atomic mass is 10.0. The minimum Gasteiger partial charge on any atom is -0.491 e. The average molecular weight is 292 g/mol. The quantitative estimate of drug-likeness (QED) is 0.875. The van der Waals surface area contributed by atoms with Gasteiger partial charge in [0, 0.05) is 25.2 Å². The number of nitrogens with zero attached hydrogens (tertiary/aromatic N) is 1. The summed E-state index contributed by atoms with van der Waals surface area (Å²) in [6.45, 7) is 9.46. The predicted octanol–water partition coefficient (Wildman–Crippen LogP) is 2.58. The second-order valence-corrected chi connectivity index (χ2v) is 5.86. The Kier molecular flexibility index (Phi) is 6.03. The van der Waals surface area contributed by atoms with Crippen LogP contribution in [0.4, 0.5) is 0 Å². The van der Waals surface area contributed by atoms with Gasteiger partial charge in [0.25, 0.3) is 0 Å². The summed E-state index contributed by atoms with van der Waals surface area (Å²) in [5.41, 5.74) is 7.32. The average Bonchev–Trinajstić information content (AvgIpc) is 2.49. The Bertz CT molecular complexity index is 419. The normalized spacial score (nSPS) is 21.5. The van der Waals surface area contributed by atoms with Gasteiger partial charge in [-0.05, 0) is 38.0 Å². The zero-order valence-corrected chi connectivity index (χ0v) is 13.4. The largest absolute Gasteiger partial charge is 0.491 e. The topological polar surface area (TPSA) is 47.7 Å². The van der Waals surface area contributed by atoms with Crippen LogP contribution in [0.5, 0.6) is 5.75 Å². The molecule has 1 saturated heterocycles. The fourth-order valence-electron chi connectivity index (χ4n) is 2.93. The van der Waals surface area contributed by atoms with Crippen molar-refractivity contribution < 1.29 is 9.47 Å². The van der Waals surface area contributed by atoms with Crippen molar-refractivity contribution in [3.63, 3.8) is 0 Å². The lowest BCUT2D eigenvalue weighted by Crippen LogP contribution is -2.48. The maximum Gasteiger partial charge on any atom is 0.119 e. The number of ether oxygens (including phenoxy) is 2. The fourth-order valence-corrected chi connectivity index (χ4v) is 2.93. The predicted molar refractivity (Wildman–Crippen MR) is 85.6 cm³/mol. The van der Waals surface area contributed by atoms with Crippen molar-refractivity contribution >= 4 is 0 Å². The molecular weight excluding hydrogens is 264 g/mol. The van der Waals surface area contributed by atoms with Crippen LogP contribution in [0.2, 0.25) is 0 Å². The van der Waals surface area contributed by atoms with Crippen molar-refractivity contribution in [3.8, 4) is 5.75 Å². The van der Waals surface area contributed by atoms with Gasteiger partial charge >= 0.3 is 0 Å². The van der Waals surface area contributed by atoms with Crippen molar-refractivity contribution in [2.75, 3.05) is 26.3 Å². The van der Waals surface area contributed by atoms with Crippen LogP contribution in [-0.4, -0.2) is 43.3 Å². The molecule has 0 spiro atoms. The molecule has 118 valence electrons. The number of nitrogens with two attached hydrogens (primary N) is 1. The maximum atomic E-state index is 6.06. The Morgan fingerprint density at radius 1 is 1.33 bits per heavy atom. The zero-order chi connectivity index (χ0) is 15.2. The highest BCUT2D eigenvalue weighted by Gasteiger charge is 2.28. The first-order valence-corrected chi connectivity index (χ1v) is 7.95. The summed E-state index contributed by atoms with van der Waals surface area (Å²) >= 11 is 0. The highest BCUT2D eigenvalue weighted by molar-refractivity contribution is 5.29. The second-order valence-electron chi connectivity index (χ2n) is 5.86.